The lowest BCUT2D eigenvalue weighted by molar-refractivity contribution is 0.635. The molecule has 0 bridgehead atoms. The Hall–Kier alpha value is -1.32. The van der Waals surface area contributed by atoms with Crippen LogP contribution in [0, 0.1) is 25.2 Å². The molecule has 0 N–H and O–H groups in total. The van der Waals surface area contributed by atoms with Crippen molar-refractivity contribution in [2.45, 2.75) is 38.9 Å². The third-order valence-corrected chi connectivity index (χ3v) is 5.09. The summed E-state index contributed by atoms with van der Waals surface area (Å²) in [5, 5.41) is 10.1. The summed E-state index contributed by atoms with van der Waals surface area (Å²) in [7, 11) is 0. The van der Waals surface area contributed by atoms with E-state index in [-0.39, 0.29) is 5.56 Å². The Balaban J connectivity index is 2.59. The first-order valence-electron chi connectivity index (χ1n) is 6.10. The third kappa shape index (κ3) is 2.53. The SMILES string of the molecule is CCn1c(SCCC#N)nc2sc(C)c(C)c2c1=O. The topological polar surface area (TPSA) is 58.7 Å². The lowest BCUT2D eigenvalue weighted by Gasteiger charge is -2.08. The molecule has 0 saturated carbocycles. The molecule has 2 heterocycles. The van der Waals surface area contributed by atoms with Gasteiger partial charge in [-0.1, -0.05) is 11.8 Å². The summed E-state index contributed by atoms with van der Waals surface area (Å²) in [4.78, 5) is 19.0. The average Bonchev–Trinajstić information content (AvgIpc) is 2.66. The van der Waals surface area contributed by atoms with Gasteiger partial charge in [0.05, 0.1) is 11.5 Å². The van der Waals surface area contributed by atoms with E-state index in [1.165, 1.54) is 11.8 Å². The maximum atomic E-state index is 12.5. The van der Waals surface area contributed by atoms with Gasteiger partial charge in [-0.05, 0) is 26.3 Å². The molecule has 19 heavy (non-hydrogen) atoms. The zero-order valence-electron chi connectivity index (χ0n) is 11.2. The van der Waals surface area contributed by atoms with Gasteiger partial charge in [-0.3, -0.25) is 9.36 Å². The molecular formula is C13H15N3OS2. The Labute approximate surface area is 120 Å². The molecule has 6 heteroatoms. The second-order valence-electron chi connectivity index (χ2n) is 4.16. The molecule has 0 unspecified atom stereocenters. The van der Waals surface area contributed by atoms with Crippen molar-refractivity contribution in [2.24, 2.45) is 0 Å². The van der Waals surface area contributed by atoms with Crippen LogP contribution in [0.25, 0.3) is 10.2 Å². The van der Waals surface area contributed by atoms with Gasteiger partial charge >= 0.3 is 0 Å². The Morgan fingerprint density at radius 1 is 1.47 bits per heavy atom. The molecule has 0 radical (unpaired) electrons. The lowest BCUT2D eigenvalue weighted by Crippen LogP contribution is -2.22. The number of fused-ring (bicyclic) bond motifs is 1. The summed E-state index contributed by atoms with van der Waals surface area (Å²) >= 11 is 3.04. The minimum absolute atomic E-state index is 0.0359. The Morgan fingerprint density at radius 2 is 2.21 bits per heavy atom. The third-order valence-electron chi connectivity index (χ3n) is 3.02. The number of hydrogen-bond acceptors (Lipinski definition) is 5. The van der Waals surface area contributed by atoms with Crippen LogP contribution in [0.2, 0.25) is 0 Å². The van der Waals surface area contributed by atoms with Gasteiger partial charge in [-0.15, -0.1) is 11.3 Å². The van der Waals surface area contributed by atoms with Gasteiger partial charge in [0.25, 0.3) is 5.56 Å². The maximum absolute atomic E-state index is 12.5. The second kappa shape index (κ2) is 5.76. The van der Waals surface area contributed by atoms with Crippen LogP contribution in [0.3, 0.4) is 0 Å². The van der Waals surface area contributed by atoms with Crippen molar-refractivity contribution >= 4 is 33.3 Å². The van der Waals surface area contributed by atoms with E-state index in [1.807, 2.05) is 20.8 Å². The Morgan fingerprint density at radius 3 is 2.84 bits per heavy atom. The smallest absolute Gasteiger partial charge is 0.263 e. The normalized spacial score (nSPS) is 10.8. The largest absolute Gasteiger partial charge is 0.287 e. The summed E-state index contributed by atoms with van der Waals surface area (Å²) < 4.78 is 1.70. The quantitative estimate of drug-likeness (QED) is 0.494. The Bertz CT molecular complexity index is 709. The standard InChI is InChI=1S/C13H15N3OS2/c1-4-16-12(17)10-8(2)9(3)19-11(10)15-13(16)18-7-5-6-14/h4-5,7H2,1-3H3. The van der Waals surface area contributed by atoms with Crippen molar-refractivity contribution < 1.29 is 0 Å². The van der Waals surface area contributed by atoms with Gasteiger partial charge < -0.3 is 0 Å². The molecule has 2 aromatic rings. The van der Waals surface area contributed by atoms with Crippen LogP contribution in [0.1, 0.15) is 23.8 Å². The predicted octanol–water partition coefficient (Wildman–Crippen LogP) is 3.10. The van der Waals surface area contributed by atoms with E-state index in [9.17, 15) is 4.79 Å². The fourth-order valence-electron chi connectivity index (χ4n) is 1.89. The molecule has 0 fully saturated rings. The molecule has 0 saturated heterocycles. The fraction of sp³-hybridized carbons (Fsp3) is 0.462. The fourth-order valence-corrected chi connectivity index (χ4v) is 3.86. The molecule has 0 aliphatic heterocycles. The van der Waals surface area contributed by atoms with Gasteiger partial charge in [-0.25, -0.2) is 4.98 Å². The highest BCUT2D eigenvalue weighted by atomic mass is 32.2. The Kier molecular flexibility index (Phi) is 4.27. The number of thiophene rings is 1. The molecule has 0 aliphatic rings. The minimum atomic E-state index is 0.0359. The van der Waals surface area contributed by atoms with Crippen molar-refractivity contribution in [1.82, 2.24) is 9.55 Å². The molecule has 2 aromatic heterocycles. The van der Waals surface area contributed by atoms with E-state index in [4.69, 9.17) is 5.26 Å². The molecule has 0 aliphatic carbocycles. The number of aromatic nitrogens is 2. The number of nitriles is 1. The highest BCUT2D eigenvalue weighted by Crippen LogP contribution is 2.28. The predicted molar refractivity (Wildman–Crippen MR) is 80.0 cm³/mol. The van der Waals surface area contributed by atoms with Crippen molar-refractivity contribution in [3.05, 3.63) is 20.8 Å². The molecule has 2 rings (SSSR count). The number of thioether (sulfide) groups is 1. The first-order chi connectivity index (χ1) is 9.10. The van der Waals surface area contributed by atoms with Crippen LogP contribution < -0.4 is 5.56 Å². The van der Waals surface area contributed by atoms with Crippen molar-refractivity contribution in [2.75, 3.05) is 5.75 Å². The van der Waals surface area contributed by atoms with E-state index in [0.717, 1.165) is 25.8 Å². The number of aryl methyl sites for hydroxylation is 2. The van der Waals surface area contributed by atoms with E-state index in [1.54, 1.807) is 15.9 Å². The summed E-state index contributed by atoms with van der Waals surface area (Å²) in [5.41, 5.74) is 1.07. The molecular weight excluding hydrogens is 278 g/mol. The van der Waals surface area contributed by atoms with E-state index in [2.05, 4.69) is 11.1 Å². The number of nitrogens with zero attached hydrogens (tertiary/aromatic N) is 3. The molecule has 0 atom stereocenters. The van der Waals surface area contributed by atoms with Crippen LogP contribution in [-0.4, -0.2) is 15.3 Å². The molecule has 0 amide bonds. The monoisotopic (exact) mass is 293 g/mol. The minimum Gasteiger partial charge on any atom is -0.287 e. The number of rotatable bonds is 4. The summed E-state index contributed by atoms with van der Waals surface area (Å²) in [5.74, 6) is 0.664. The maximum Gasteiger partial charge on any atom is 0.263 e. The van der Waals surface area contributed by atoms with Crippen LogP contribution >= 0.6 is 23.1 Å². The van der Waals surface area contributed by atoms with Crippen molar-refractivity contribution in [3.63, 3.8) is 0 Å². The van der Waals surface area contributed by atoms with Gasteiger partial charge in [0.15, 0.2) is 5.16 Å². The summed E-state index contributed by atoms with van der Waals surface area (Å²) in [6.07, 6.45) is 0.463. The lowest BCUT2D eigenvalue weighted by atomic mass is 10.2. The molecule has 0 spiro atoms. The van der Waals surface area contributed by atoms with Crippen molar-refractivity contribution in [1.29, 1.82) is 5.26 Å². The first-order valence-corrected chi connectivity index (χ1v) is 7.90. The van der Waals surface area contributed by atoms with Crippen molar-refractivity contribution in [3.8, 4) is 6.07 Å². The summed E-state index contributed by atoms with van der Waals surface area (Å²) in [6.45, 7) is 6.53. The van der Waals surface area contributed by atoms with Gasteiger partial charge in [0.2, 0.25) is 0 Å². The van der Waals surface area contributed by atoms with Gasteiger partial charge in [0.1, 0.15) is 4.83 Å². The average molecular weight is 293 g/mol. The van der Waals surface area contributed by atoms with Crippen LogP contribution in [0.5, 0.6) is 0 Å². The van der Waals surface area contributed by atoms with E-state index < -0.39 is 0 Å². The highest BCUT2D eigenvalue weighted by Gasteiger charge is 2.15. The van der Waals surface area contributed by atoms with E-state index >= 15 is 0 Å². The summed E-state index contributed by atoms with van der Waals surface area (Å²) in [6, 6.07) is 2.11. The second-order valence-corrected chi connectivity index (χ2v) is 6.43. The molecule has 0 aromatic carbocycles. The van der Waals surface area contributed by atoms with E-state index in [0.29, 0.717) is 18.7 Å². The number of hydrogen-bond donors (Lipinski definition) is 0. The van der Waals surface area contributed by atoms with Gasteiger partial charge in [-0.2, -0.15) is 5.26 Å². The van der Waals surface area contributed by atoms with Crippen LogP contribution in [0.15, 0.2) is 9.95 Å². The van der Waals surface area contributed by atoms with Gasteiger partial charge in [0, 0.05) is 23.6 Å². The first kappa shape index (κ1) is 14.1. The highest BCUT2D eigenvalue weighted by molar-refractivity contribution is 7.99. The van der Waals surface area contributed by atoms with Crippen LogP contribution in [-0.2, 0) is 6.54 Å². The molecule has 4 nitrogen and oxygen atoms in total. The zero-order chi connectivity index (χ0) is 14.0. The molecule has 100 valence electrons. The zero-order valence-corrected chi connectivity index (χ0v) is 12.8. The van der Waals surface area contributed by atoms with Crippen LogP contribution in [0.4, 0.5) is 0 Å².